The average molecular weight is 251 g/mol. The molecular weight excluding hydrogens is 238 g/mol. The van der Waals surface area contributed by atoms with Crippen LogP contribution in [0.2, 0.25) is 0 Å². The van der Waals surface area contributed by atoms with Crippen molar-refractivity contribution >= 4 is 17.5 Å². The van der Waals surface area contributed by atoms with Gasteiger partial charge in [-0.15, -0.1) is 0 Å². The first-order chi connectivity index (χ1) is 7.73. The predicted molar refractivity (Wildman–Crippen MR) is 50.7 cm³/mol. The summed E-state index contributed by atoms with van der Waals surface area (Å²) in [5.41, 5.74) is 5.06. The lowest BCUT2D eigenvalue weighted by molar-refractivity contribution is -0.155. The third-order valence-electron chi connectivity index (χ3n) is 2.02. The number of carboxylic acid groups (broad SMARTS) is 1. The molecule has 0 aromatic carbocycles. The fraction of sp³-hybridized carbons (Fsp3) is 0.625. The van der Waals surface area contributed by atoms with Crippen LogP contribution in [0.3, 0.4) is 0 Å². The standard InChI is InChI=1S/C8H13NO8/c9-3(6(14)7(15)8(16)17)5(13)4(12)2(11)1-10/h2-5,10-13H,1,9H2,(H,16,17)/t2-,3-,4-,5-/m1/s1. The molecule has 0 radical (unpaired) electrons. The zero-order valence-corrected chi connectivity index (χ0v) is 8.55. The van der Waals surface area contributed by atoms with Gasteiger partial charge >= 0.3 is 11.8 Å². The van der Waals surface area contributed by atoms with Crippen LogP contribution in [0.4, 0.5) is 0 Å². The number of carbonyl (C=O) groups excluding carboxylic acids is 2. The van der Waals surface area contributed by atoms with Gasteiger partial charge < -0.3 is 31.3 Å². The van der Waals surface area contributed by atoms with Gasteiger partial charge in [-0.05, 0) is 0 Å². The number of rotatable bonds is 7. The number of nitrogens with two attached hydrogens (primary N) is 1. The van der Waals surface area contributed by atoms with Crippen LogP contribution in [-0.4, -0.2) is 74.0 Å². The topological polar surface area (TPSA) is 178 Å². The van der Waals surface area contributed by atoms with Gasteiger partial charge in [-0.3, -0.25) is 9.59 Å². The van der Waals surface area contributed by atoms with Crippen molar-refractivity contribution in [1.82, 2.24) is 0 Å². The summed E-state index contributed by atoms with van der Waals surface area (Å²) in [6.07, 6.45) is -5.84. The minimum absolute atomic E-state index is 0.911. The number of aliphatic hydroxyl groups excluding tert-OH is 4. The first kappa shape index (κ1) is 15.6. The lowest BCUT2D eigenvalue weighted by Crippen LogP contribution is -2.55. The molecule has 0 bridgehead atoms. The summed E-state index contributed by atoms with van der Waals surface area (Å²) < 4.78 is 0. The van der Waals surface area contributed by atoms with Gasteiger partial charge in [0, 0.05) is 0 Å². The van der Waals surface area contributed by atoms with E-state index < -0.39 is 48.5 Å². The summed E-state index contributed by atoms with van der Waals surface area (Å²) in [4.78, 5) is 32.0. The van der Waals surface area contributed by atoms with E-state index >= 15 is 0 Å². The van der Waals surface area contributed by atoms with Crippen molar-refractivity contribution in [1.29, 1.82) is 0 Å². The molecule has 0 unspecified atom stereocenters. The van der Waals surface area contributed by atoms with E-state index in [2.05, 4.69) is 0 Å². The highest BCUT2D eigenvalue weighted by Gasteiger charge is 2.37. The molecule has 0 aromatic rings. The molecule has 0 aliphatic heterocycles. The Morgan fingerprint density at radius 1 is 1.06 bits per heavy atom. The van der Waals surface area contributed by atoms with Crippen LogP contribution in [0.25, 0.3) is 0 Å². The summed E-state index contributed by atoms with van der Waals surface area (Å²) >= 11 is 0. The summed E-state index contributed by atoms with van der Waals surface area (Å²) in [5.74, 6) is -5.51. The average Bonchev–Trinajstić information content (AvgIpc) is 2.32. The third-order valence-corrected chi connectivity index (χ3v) is 2.02. The highest BCUT2D eigenvalue weighted by atomic mass is 16.4. The van der Waals surface area contributed by atoms with Crippen LogP contribution in [-0.2, 0) is 14.4 Å². The van der Waals surface area contributed by atoms with Crippen molar-refractivity contribution in [2.75, 3.05) is 6.61 Å². The molecule has 9 heteroatoms. The molecule has 9 nitrogen and oxygen atoms in total. The Morgan fingerprint density at radius 2 is 1.53 bits per heavy atom. The fourth-order valence-corrected chi connectivity index (χ4v) is 0.960. The van der Waals surface area contributed by atoms with Gasteiger partial charge in [0.15, 0.2) is 0 Å². The largest absolute Gasteiger partial charge is 0.475 e. The maximum absolute atomic E-state index is 11.1. The van der Waals surface area contributed by atoms with Gasteiger partial charge in [0.1, 0.15) is 24.4 Å². The SMILES string of the molecule is N[C@@H](C(=O)C(=O)C(=O)O)[C@@H](O)[C@H](O)[C@H](O)CO. The smallest absolute Gasteiger partial charge is 0.380 e. The zero-order chi connectivity index (χ0) is 13.7. The van der Waals surface area contributed by atoms with E-state index in [-0.39, 0.29) is 0 Å². The molecule has 4 atom stereocenters. The lowest BCUT2D eigenvalue weighted by Gasteiger charge is -2.24. The van der Waals surface area contributed by atoms with Gasteiger partial charge in [0.05, 0.1) is 6.61 Å². The van der Waals surface area contributed by atoms with Crippen molar-refractivity contribution < 1.29 is 39.9 Å². The van der Waals surface area contributed by atoms with Gasteiger partial charge in [-0.2, -0.15) is 0 Å². The van der Waals surface area contributed by atoms with Crippen molar-refractivity contribution in [3.63, 3.8) is 0 Å². The van der Waals surface area contributed by atoms with E-state index in [4.69, 9.17) is 21.1 Å². The molecule has 0 aromatic heterocycles. The molecule has 17 heavy (non-hydrogen) atoms. The van der Waals surface area contributed by atoms with E-state index in [1.54, 1.807) is 0 Å². The number of hydrogen-bond donors (Lipinski definition) is 6. The number of aliphatic hydroxyl groups is 4. The van der Waals surface area contributed by atoms with Crippen LogP contribution in [0, 0.1) is 0 Å². The second-order valence-electron chi connectivity index (χ2n) is 3.26. The fourth-order valence-electron chi connectivity index (χ4n) is 0.960. The minimum atomic E-state index is -2.08. The maximum atomic E-state index is 11.1. The van der Waals surface area contributed by atoms with E-state index in [9.17, 15) is 24.6 Å². The van der Waals surface area contributed by atoms with Crippen molar-refractivity contribution in [3.8, 4) is 0 Å². The van der Waals surface area contributed by atoms with Gasteiger partial charge in [-0.1, -0.05) is 0 Å². The molecule has 0 amide bonds. The summed E-state index contributed by atoms with van der Waals surface area (Å²) in [5, 5.41) is 44.1. The van der Waals surface area contributed by atoms with Crippen LogP contribution in [0.1, 0.15) is 0 Å². The summed E-state index contributed by atoms with van der Waals surface area (Å²) in [7, 11) is 0. The Labute approximate surface area is 95.1 Å². The Morgan fingerprint density at radius 3 is 1.88 bits per heavy atom. The summed E-state index contributed by atoms with van der Waals surface area (Å²) in [6.45, 7) is -0.911. The van der Waals surface area contributed by atoms with E-state index in [0.29, 0.717) is 0 Å². The third kappa shape index (κ3) is 3.84. The van der Waals surface area contributed by atoms with E-state index in [0.717, 1.165) is 0 Å². The molecule has 0 fully saturated rings. The summed E-state index contributed by atoms with van der Waals surface area (Å²) in [6, 6.07) is -2.00. The Kier molecular flexibility index (Phi) is 5.85. The van der Waals surface area contributed by atoms with Crippen molar-refractivity contribution in [2.45, 2.75) is 24.4 Å². The quantitative estimate of drug-likeness (QED) is 0.192. The van der Waals surface area contributed by atoms with Crippen LogP contribution < -0.4 is 5.73 Å². The second kappa shape index (κ2) is 6.37. The highest BCUT2D eigenvalue weighted by molar-refractivity contribution is 6.62. The molecule has 0 aliphatic rings. The second-order valence-corrected chi connectivity index (χ2v) is 3.26. The molecular formula is C8H13NO8. The Bertz CT molecular complexity index is 317. The zero-order valence-electron chi connectivity index (χ0n) is 8.55. The first-order valence-electron chi connectivity index (χ1n) is 4.46. The number of Topliss-reactive ketones (excluding diaryl/α,β-unsaturated/α-hetero) is 2. The van der Waals surface area contributed by atoms with Crippen LogP contribution in [0.5, 0.6) is 0 Å². The molecule has 7 N–H and O–H groups in total. The van der Waals surface area contributed by atoms with Crippen LogP contribution >= 0.6 is 0 Å². The van der Waals surface area contributed by atoms with Crippen molar-refractivity contribution in [2.24, 2.45) is 5.73 Å². The number of carbonyl (C=O) groups is 3. The van der Waals surface area contributed by atoms with Crippen LogP contribution in [0.15, 0.2) is 0 Å². The Balaban J connectivity index is 4.70. The lowest BCUT2D eigenvalue weighted by atomic mass is 9.97. The highest BCUT2D eigenvalue weighted by Crippen LogP contribution is 2.05. The van der Waals surface area contributed by atoms with E-state index in [1.165, 1.54) is 0 Å². The Hall–Kier alpha value is -1.39. The molecule has 0 rings (SSSR count). The molecule has 0 saturated carbocycles. The number of hydrogen-bond acceptors (Lipinski definition) is 8. The molecule has 98 valence electrons. The van der Waals surface area contributed by atoms with Crippen molar-refractivity contribution in [3.05, 3.63) is 0 Å². The first-order valence-corrected chi connectivity index (χ1v) is 4.46. The van der Waals surface area contributed by atoms with Gasteiger partial charge in [0.2, 0.25) is 5.78 Å². The van der Waals surface area contributed by atoms with Gasteiger partial charge in [0.25, 0.3) is 0 Å². The predicted octanol–water partition coefficient (Wildman–Crippen LogP) is -4.39. The van der Waals surface area contributed by atoms with Gasteiger partial charge in [-0.25, -0.2) is 4.79 Å². The minimum Gasteiger partial charge on any atom is -0.475 e. The number of aliphatic carboxylic acids is 1. The maximum Gasteiger partial charge on any atom is 0.380 e. The molecule has 0 saturated heterocycles. The number of ketones is 2. The molecule has 0 aliphatic carbocycles. The molecule has 0 spiro atoms. The monoisotopic (exact) mass is 251 g/mol. The number of carboxylic acids is 1. The normalized spacial score (nSPS) is 17.9. The van der Waals surface area contributed by atoms with E-state index in [1.807, 2.05) is 0 Å². The molecule has 0 heterocycles.